The van der Waals surface area contributed by atoms with Gasteiger partial charge in [-0.1, -0.05) is 6.92 Å². The van der Waals surface area contributed by atoms with Crippen LogP contribution in [0, 0.1) is 0 Å². The van der Waals surface area contributed by atoms with Crippen LogP contribution in [-0.2, 0) is 16.0 Å². The highest BCUT2D eigenvalue weighted by molar-refractivity contribution is 9.11. The fourth-order valence-electron chi connectivity index (χ4n) is 1.19. The van der Waals surface area contributed by atoms with Crippen molar-refractivity contribution in [1.29, 1.82) is 0 Å². The zero-order valence-corrected chi connectivity index (χ0v) is 11.1. The van der Waals surface area contributed by atoms with Gasteiger partial charge in [-0.3, -0.25) is 4.79 Å². The smallest absolute Gasteiger partial charge is 0.326 e. The van der Waals surface area contributed by atoms with Crippen molar-refractivity contribution in [3.8, 4) is 0 Å². The SMILES string of the molecule is CCC(NC(=O)Cc1ccc(Br)s1)C(=O)O. The zero-order valence-electron chi connectivity index (χ0n) is 8.70. The van der Waals surface area contributed by atoms with E-state index in [1.807, 2.05) is 12.1 Å². The van der Waals surface area contributed by atoms with Gasteiger partial charge in [0.1, 0.15) is 6.04 Å². The molecule has 1 rings (SSSR count). The number of halogens is 1. The Kier molecular flexibility index (Phi) is 4.95. The van der Waals surface area contributed by atoms with Crippen LogP contribution in [0.5, 0.6) is 0 Å². The number of hydrogen-bond acceptors (Lipinski definition) is 3. The summed E-state index contributed by atoms with van der Waals surface area (Å²) in [7, 11) is 0. The number of amides is 1. The predicted octanol–water partition coefficient (Wildman–Crippen LogP) is 2.03. The average molecular weight is 306 g/mol. The van der Waals surface area contributed by atoms with Gasteiger partial charge in [0.05, 0.1) is 10.2 Å². The molecule has 16 heavy (non-hydrogen) atoms. The molecular weight excluding hydrogens is 294 g/mol. The van der Waals surface area contributed by atoms with Crippen LogP contribution in [0.4, 0.5) is 0 Å². The Morgan fingerprint density at radius 1 is 1.56 bits per heavy atom. The summed E-state index contributed by atoms with van der Waals surface area (Å²) < 4.78 is 0.959. The Hall–Kier alpha value is -0.880. The second kappa shape index (κ2) is 6.00. The predicted molar refractivity (Wildman–Crippen MR) is 65.6 cm³/mol. The third-order valence-corrected chi connectivity index (χ3v) is 3.63. The molecule has 2 N–H and O–H groups in total. The average Bonchev–Trinajstić information content (AvgIpc) is 2.60. The molecule has 1 amide bonds. The molecule has 0 saturated heterocycles. The third kappa shape index (κ3) is 3.94. The van der Waals surface area contributed by atoms with Crippen molar-refractivity contribution in [2.45, 2.75) is 25.8 Å². The summed E-state index contributed by atoms with van der Waals surface area (Å²) in [5.74, 6) is -1.26. The van der Waals surface area contributed by atoms with E-state index in [0.29, 0.717) is 6.42 Å². The lowest BCUT2D eigenvalue weighted by atomic mass is 10.2. The standard InChI is InChI=1S/C10H12BrNO3S/c1-2-7(10(14)15)12-9(13)5-6-3-4-8(11)16-6/h3-4,7H,2,5H2,1H3,(H,12,13)(H,14,15). The first kappa shape index (κ1) is 13.2. The molecule has 4 nitrogen and oxygen atoms in total. The Morgan fingerprint density at radius 3 is 2.69 bits per heavy atom. The number of carbonyl (C=O) groups is 2. The van der Waals surface area contributed by atoms with Crippen molar-refractivity contribution < 1.29 is 14.7 Å². The number of aliphatic carboxylic acids is 1. The molecule has 1 aromatic rings. The van der Waals surface area contributed by atoms with E-state index in [1.165, 1.54) is 11.3 Å². The van der Waals surface area contributed by atoms with Gasteiger partial charge < -0.3 is 10.4 Å². The van der Waals surface area contributed by atoms with Crippen molar-refractivity contribution >= 4 is 39.1 Å². The first-order valence-electron chi connectivity index (χ1n) is 4.79. The highest BCUT2D eigenvalue weighted by Gasteiger charge is 2.17. The lowest BCUT2D eigenvalue weighted by Crippen LogP contribution is -2.40. The van der Waals surface area contributed by atoms with Crippen LogP contribution in [0.15, 0.2) is 15.9 Å². The van der Waals surface area contributed by atoms with Crippen molar-refractivity contribution in [2.75, 3.05) is 0 Å². The fraction of sp³-hybridized carbons (Fsp3) is 0.400. The van der Waals surface area contributed by atoms with E-state index in [1.54, 1.807) is 6.92 Å². The van der Waals surface area contributed by atoms with Gasteiger partial charge in [-0.15, -0.1) is 11.3 Å². The molecule has 0 aromatic carbocycles. The van der Waals surface area contributed by atoms with E-state index < -0.39 is 12.0 Å². The molecule has 0 bridgehead atoms. The van der Waals surface area contributed by atoms with Gasteiger partial charge in [-0.05, 0) is 34.5 Å². The van der Waals surface area contributed by atoms with Crippen molar-refractivity contribution in [1.82, 2.24) is 5.32 Å². The summed E-state index contributed by atoms with van der Waals surface area (Å²) in [6, 6.07) is 2.91. The van der Waals surface area contributed by atoms with E-state index in [2.05, 4.69) is 21.2 Å². The first-order valence-corrected chi connectivity index (χ1v) is 6.40. The number of thiophene rings is 1. The molecule has 0 fully saturated rings. The second-order valence-corrected chi connectivity index (χ2v) is 5.80. The van der Waals surface area contributed by atoms with Gasteiger partial charge in [0, 0.05) is 4.88 Å². The van der Waals surface area contributed by atoms with Gasteiger partial charge in [-0.2, -0.15) is 0 Å². The largest absolute Gasteiger partial charge is 0.480 e. The molecule has 0 aliphatic rings. The number of carboxylic acids is 1. The van der Waals surface area contributed by atoms with E-state index in [0.717, 1.165) is 8.66 Å². The Balaban J connectivity index is 2.50. The Bertz CT molecular complexity index is 391. The van der Waals surface area contributed by atoms with Crippen LogP contribution in [0.1, 0.15) is 18.2 Å². The highest BCUT2D eigenvalue weighted by Crippen LogP contribution is 2.22. The van der Waals surface area contributed by atoms with Gasteiger partial charge in [0.2, 0.25) is 5.91 Å². The molecular formula is C10H12BrNO3S. The maximum absolute atomic E-state index is 11.5. The molecule has 0 radical (unpaired) electrons. The maximum atomic E-state index is 11.5. The highest BCUT2D eigenvalue weighted by atomic mass is 79.9. The second-order valence-electron chi connectivity index (χ2n) is 3.25. The number of carbonyl (C=O) groups excluding carboxylic acids is 1. The molecule has 1 unspecified atom stereocenters. The van der Waals surface area contributed by atoms with E-state index in [4.69, 9.17) is 5.11 Å². The zero-order chi connectivity index (χ0) is 12.1. The van der Waals surface area contributed by atoms with Crippen molar-refractivity contribution in [3.63, 3.8) is 0 Å². The Labute approximate surface area is 106 Å². The quantitative estimate of drug-likeness (QED) is 0.875. The molecule has 1 heterocycles. The van der Waals surface area contributed by atoms with E-state index in [-0.39, 0.29) is 12.3 Å². The number of hydrogen-bond donors (Lipinski definition) is 2. The van der Waals surface area contributed by atoms with Gasteiger partial charge in [0.15, 0.2) is 0 Å². The van der Waals surface area contributed by atoms with Crippen molar-refractivity contribution in [2.24, 2.45) is 0 Å². The normalized spacial score (nSPS) is 12.1. The van der Waals surface area contributed by atoms with E-state index >= 15 is 0 Å². The van der Waals surface area contributed by atoms with Crippen LogP contribution in [0.25, 0.3) is 0 Å². The van der Waals surface area contributed by atoms with Crippen LogP contribution in [0.3, 0.4) is 0 Å². The summed E-state index contributed by atoms with van der Waals surface area (Å²) in [6.45, 7) is 1.72. The van der Waals surface area contributed by atoms with Crippen LogP contribution < -0.4 is 5.32 Å². The molecule has 0 aliphatic heterocycles. The minimum atomic E-state index is -0.997. The topological polar surface area (TPSA) is 66.4 Å². The first-order chi connectivity index (χ1) is 7.52. The monoisotopic (exact) mass is 305 g/mol. The molecule has 0 aliphatic carbocycles. The summed E-state index contributed by atoms with van der Waals surface area (Å²) >= 11 is 4.77. The van der Waals surface area contributed by atoms with E-state index in [9.17, 15) is 9.59 Å². The molecule has 1 atom stereocenters. The molecule has 0 saturated carbocycles. The maximum Gasteiger partial charge on any atom is 0.326 e. The lowest BCUT2D eigenvalue weighted by Gasteiger charge is -2.11. The van der Waals surface area contributed by atoms with Gasteiger partial charge >= 0.3 is 5.97 Å². The summed E-state index contributed by atoms with van der Waals surface area (Å²) in [6.07, 6.45) is 0.606. The summed E-state index contributed by atoms with van der Waals surface area (Å²) in [5.41, 5.74) is 0. The minimum Gasteiger partial charge on any atom is -0.480 e. The van der Waals surface area contributed by atoms with Crippen molar-refractivity contribution in [3.05, 3.63) is 20.8 Å². The summed E-state index contributed by atoms with van der Waals surface area (Å²) in [4.78, 5) is 23.1. The third-order valence-electron chi connectivity index (χ3n) is 2.01. The minimum absolute atomic E-state index is 0.222. The fourth-order valence-corrected chi connectivity index (χ4v) is 2.67. The lowest BCUT2D eigenvalue weighted by molar-refractivity contribution is -0.141. The Morgan fingerprint density at radius 2 is 2.25 bits per heavy atom. The number of nitrogens with one attached hydrogen (secondary N) is 1. The molecule has 0 spiro atoms. The van der Waals surface area contributed by atoms with Crippen LogP contribution >= 0.6 is 27.3 Å². The van der Waals surface area contributed by atoms with Crippen LogP contribution in [-0.4, -0.2) is 23.0 Å². The van der Waals surface area contributed by atoms with Crippen LogP contribution in [0.2, 0.25) is 0 Å². The number of carboxylic acid groups (broad SMARTS) is 1. The van der Waals surface area contributed by atoms with Gasteiger partial charge in [-0.25, -0.2) is 4.79 Å². The molecule has 1 aromatic heterocycles. The number of rotatable bonds is 5. The van der Waals surface area contributed by atoms with Gasteiger partial charge in [0.25, 0.3) is 0 Å². The molecule has 88 valence electrons. The molecule has 6 heteroatoms. The summed E-state index contributed by atoms with van der Waals surface area (Å²) in [5, 5.41) is 11.2.